The van der Waals surface area contributed by atoms with Gasteiger partial charge in [0.25, 0.3) is 0 Å². The fraction of sp³-hybridized carbons (Fsp3) is 0.562. The summed E-state index contributed by atoms with van der Waals surface area (Å²) in [4.78, 5) is 12.1. The highest BCUT2D eigenvalue weighted by Crippen LogP contribution is 2.26. The molecule has 0 spiro atoms. The summed E-state index contributed by atoms with van der Waals surface area (Å²) < 4.78 is 0. The van der Waals surface area contributed by atoms with Crippen LogP contribution >= 0.6 is 11.8 Å². The van der Waals surface area contributed by atoms with Gasteiger partial charge in [-0.15, -0.1) is 11.8 Å². The Hall–Kier alpha value is -1.00. The summed E-state index contributed by atoms with van der Waals surface area (Å²) in [6.07, 6.45) is 2.43. The number of aliphatic hydroxyl groups excluding tert-OH is 1. The van der Waals surface area contributed by atoms with Crippen molar-refractivity contribution in [2.24, 2.45) is 0 Å². The second kappa shape index (κ2) is 7.70. The fourth-order valence-corrected chi connectivity index (χ4v) is 3.78. The third kappa shape index (κ3) is 4.53. The van der Waals surface area contributed by atoms with Crippen molar-refractivity contribution in [3.63, 3.8) is 0 Å². The van der Waals surface area contributed by atoms with E-state index < -0.39 is 0 Å². The van der Waals surface area contributed by atoms with Crippen LogP contribution in [0.1, 0.15) is 37.7 Å². The Morgan fingerprint density at radius 2 is 2.20 bits per heavy atom. The van der Waals surface area contributed by atoms with Gasteiger partial charge in [0.05, 0.1) is 11.4 Å². The summed E-state index contributed by atoms with van der Waals surface area (Å²) in [5.74, 6) is 1.42. The van der Waals surface area contributed by atoms with E-state index in [0.717, 1.165) is 18.6 Å². The maximum absolute atomic E-state index is 12.1. The smallest absolute Gasteiger partial charge is 0.233 e. The van der Waals surface area contributed by atoms with Gasteiger partial charge in [0.2, 0.25) is 5.91 Å². The van der Waals surface area contributed by atoms with Crippen LogP contribution in [0.3, 0.4) is 0 Å². The number of nitrogens with one attached hydrogen (secondary N) is 1. The third-order valence-corrected chi connectivity index (χ3v) is 5.02. The molecule has 1 aromatic rings. The van der Waals surface area contributed by atoms with E-state index >= 15 is 0 Å². The molecule has 1 saturated heterocycles. The van der Waals surface area contributed by atoms with E-state index in [2.05, 4.69) is 17.4 Å². The molecular formula is C16H23NO2S. The number of aliphatic hydroxyl groups is 1. The number of rotatable bonds is 6. The molecule has 0 radical (unpaired) electrons. The highest BCUT2D eigenvalue weighted by Gasteiger charge is 2.24. The van der Waals surface area contributed by atoms with Gasteiger partial charge >= 0.3 is 0 Å². The number of hydrogen-bond donors (Lipinski definition) is 2. The Bertz CT molecular complexity index is 416. The lowest BCUT2D eigenvalue weighted by Gasteiger charge is -2.20. The Morgan fingerprint density at radius 3 is 2.80 bits per heavy atom. The molecule has 2 rings (SSSR count). The van der Waals surface area contributed by atoms with Crippen molar-refractivity contribution in [3.8, 4) is 0 Å². The number of hydrogen-bond acceptors (Lipinski definition) is 3. The minimum absolute atomic E-state index is 0.123. The van der Waals surface area contributed by atoms with Crippen molar-refractivity contribution in [1.29, 1.82) is 0 Å². The minimum Gasteiger partial charge on any atom is -0.393 e. The number of thioether (sulfide) groups is 1. The van der Waals surface area contributed by atoms with Crippen LogP contribution in [-0.4, -0.2) is 34.7 Å². The van der Waals surface area contributed by atoms with E-state index in [4.69, 9.17) is 0 Å². The zero-order valence-corrected chi connectivity index (χ0v) is 12.7. The molecule has 0 aliphatic carbocycles. The molecule has 2 N–H and O–H groups in total. The number of carbonyl (C=O) groups is 1. The van der Waals surface area contributed by atoms with Crippen LogP contribution in [0.25, 0.3) is 0 Å². The first kappa shape index (κ1) is 15.4. The summed E-state index contributed by atoms with van der Waals surface area (Å²) >= 11 is 1.75. The second-order valence-corrected chi connectivity index (χ2v) is 6.75. The Balaban J connectivity index is 1.92. The van der Waals surface area contributed by atoms with Gasteiger partial charge in [0.1, 0.15) is 0 Å². The SMILES string of the molecule is CC(O)CC(CNC(=O)C1CCCS1)c1ccccc1. The molecule has 1 aliphatic heterocycles. The largest absolute Gasteiger partial charge is 0.393 e. The molecule has 20 heavy (non-hydrogen) atoms. The summed E-state index contributed by atoms with van der Waals surface area (Å²) in [6, 6.07) is 10.1. The van der Waals surface area contributed by atoms with Crippen LogP contribution < -0.4 is 5.32 Å². The molecule has 0 saturated carbocycles. The van der Waals surface area contributed by atoms with Crippen molar-refractivity contribution < 1.29 is 9.90 Å². The molecule has 1 fully saturated rings. The quantitative estimate of drug-likeness (QED) is 0.847. The normalized spacial score (nSPS) is 21.4. The van der Waals surface area contributed by atoms with Crippen molar-refractivity contribution in [2.75, 3.05) is 12.3 Å². The van der Waals surface area contributed by atoms with Crippen molar-refractivity contribution in [2.45, 2.75) is 43.5 Å². The Kier molecular flexibility index (Phi) is 5.92. The van der Waals surface area contributed by atoms with Crippen molar-refractivity contribution >= 4 is 17.7 Å². The zero-order chi connectivity index (χ0) is 14.4. The highest BCUT2D eigenvalue weighted by molar-refractivity contribution is 8.00. The first-order chi connectivity index (χ1) is 9.66. The molecule has 110 valence electrons. The molecule has 3 unspecified atom stereocenters. The summed E-state index contributed by atoms with van der Waals surface area (Å²) in [7, 11) is 0. The highest BCUT2D eigenvalue weighted by atomic mass is 32.2. The molecule has 1 amide bonds. The molecule has 1 aliphatic rings. The van der Waals surface area contributed by atoms with Gasteiger partial charge in [-0.05, 0) is 37.5 Å². The van der Waals surface area contributed by atoms with Crippen LogP contribution in [0.2, 0.25) is 0 Å². The number of benzene rings is 1. The van der Waals surface area contributed by atoms with E-state index in [1.807, 2.05) is 18.2 Å². The monoisotopic (exact) mass is 293 g/mol. The van der Waals surface area contributed by atoms with E-state index in [1.165, 1.54) is 5.56 Å². The number of carbonyl (C=O) groups excluding carboxylic acids is 1. The molecule has 0 bridgehead atoms. The van der Waals surface area contributed by atoms with Crippen molar-refractivity contribution in [1.82, 2.24) is 5.32 Å². The van der Waals surface area contributed by atoms with E-state index in [9.17, 15) is 9.90 Å². The molecule has 3 nitrogen and oxygen atoms in total. The van der Waals surface area contributed by atoms with Crippen LogP contribution in [0.5, 0.6) is 0 Å². The standard InChI is InChI=1S/C16H23NO2S/c1-12(18)10-14(13-6-3-2-4-7-13)11-17-16(19)15-8-5-9-20-15/h2-4,6-7,12,14-15,18H,5,8-11H2,1H3,(H,17,19). The Labute approximate surface area is 125 Å². The van der Waals surface area contributed by atoms with Gasteiger partial charge in [0, 0.05) is 12.5 Å². The van der Waals surface area contributed by atoms with Crippen LogP contribution in [0.15, 0.2) is 30.3 Å². The van der Waals surface area contributed by atoms with Crippen LogP contribution in [0, 0.1) is 0 Å². The summed E-state index contributed by atoms with van der Waals surface area (Å²) in [5.41, 5.74) is 1.17. The van der Waals surface area contributed by atoms with E-state index in [-0.39, 0.29) is 23.2 Å². The van der Waals surface area contributed by atoms with Gasteiger partial charge in [-0.1, -0.05) is 30.3 Å². The van der Waals surface area contributed by atoms with Gasteiger partial charge < -0.3 is 10.4 Å². The molecule has 0 aromatic heterocycles. The fourth-order valence-electron chi connectivity index (χ4n) is 2.60. The predicted molar refractivity (Wildman–Crippen MR) is 84.0 cm³/mol. The maximum Gasteiger partial charge on any atom is 0.233 e. The van der Waals surface area contributed by atoms with E-state index in [0.29, 0.717) is 13.0 Å². The third-order valence-electron chi connectivity index (χ3n) is 3.64. The van der Waals surface area contributed by atoms with E-state index in [1.54, 1.807) is 18.7 Å². The van der Waals surface area contributed by atoms with Crippen LogP contribution in [0.4, 0.5) is 0 Å². The van der Waals surface area contributed by atoms with Gasteiger partial charge in [-0.2, -0.15) is 0 Å². The second-order valence-electron chi connectivity index (χ2n) is 5.44. The van der Waals surface area contributed by atoms with Crippen LogP contribution in [-0.2, 0) is 4.79 Å². The first-order valence-corrected chi connectivity index (χ1v) is 8.34. The average Bonchev–Trinajstić information content (AvgIpc) is 2.98. The molecule has 3 atom stereocenters. The lowest BCUT2D eigenvalue weighted by molar-refractivity contribution is -0.120. The van der Waals surface area contributed by atoms with Gasteiger partial charge in [0.15, 0.2) is 0 Å². The van der Waals surface area contributed by atoms with Gasteiger partial charge in [-0.25, -0.2) is 0 Å². The molecule has 1 heterocycles. The lowest BCUT2D eigenvalue weighted by Crippen LogP contribution is -2.35. The minimum atomic E-state index is -0.363. The Morgan fingerprint density at radius 1 is 1.45 bits per heavy atom. The summed E-state index contributed by atoms with van der Waals surface area (Å²) in [6.45, 7) is 2.40. The number of amides is 1. The zero-order valence-electron chi connectivity index (χ0n) is 11.9. The molecular weight excluding hydrogens is 270 g/mol. The molecule has 1 aromatic carbocycles. The predicted octanol–water partition coefficient (Wildman–Crippen LogP) is 2.55. The maximum atomic E-state index is 12.1. The topological polar surface area (TPSA) is 49.3 Å². The molecule has 4 heteroatoms. The first-order valence-electron chi connectivity index (χ1n) is 7.29. The van der Waals surface area contributed by atoms with Crippen molar-refractivity contribution in [3.05, 3.63) is 35.9 Å². The summed E-state index contributed by atoms with van der Waals surface area (Å²) in [5, 5.41) is 12.8. The lowest BCUT2D eigenvalue weighted by atomic mass is 9.93. The average molecular weight is 293 g/mol. The van der Waals surface area contributed by atoms with Gasteiger partial charge in [-0.3, -0.25) is 4.79 Å².